The smallest absolute Gasteiger partial charge is 0.238 e. The molecule has 0 spiro atoms. The number of anilines is 2. The molecule has 0 radical (unpaired) electrons. The minimum absolute atomic E-state index is 0.0838. The van der Waals surface area contributed by atoms with Gasteiger partial charge in [0.05, 0.1) is 16.3 Å². The Labute approximate surface area is 119 Å². The number of nitrogens with two attached hydrogens (primary N) is 2. The molecule has 1 aliphatic rings. The van der Waals surface area contributed by atoms with E-state index in [0.717, 1.165) is 32.6 Å². The van der Waals surface area contributed by atoms with Gasteiger partial charge in [-0.15, -0.1) is 0 Å². The summed E-state index contributed by atoms with van der Waals surface area (Å²) in [4.78, 5) is 2.07. The second-order valence-corrected chi connectivity index (χ2v) is 6.76. The van der Waals surface area contributed by atoms with Crippen LogP contribution in [-0.2, 0) is 14.8 Å². The zero-order chi connectivity index (χ0) is 14.8. The van der Waals surface area contributed by atoms with Gasteiger partial charge in [-0.1, -0.05) is 0 Å². The summed E-state index contributed by atoms with van der Waals surface area (Å²) in [7, 11) is -1.80. The minimum Gasteiger partial charge on any atom is -0.397 e. The zero-order valence-corrected chi connectivity index (χ0v) is 12.4. The lowest BCUT2D eigenvalue weighted by atomic mass is 9.99. The lowest BCUT2D eigenvalue weighted by Gasteiger charge is -2.29. The van der Waals surface area contributed by atoms with Crippen molar-refractivity contribution in [1.29, 1.82) is 0 Å². The van der Waals surface area contributed by atoms with E-state index in [1.165, 1.54) is 12.1 Å². The molecule has 2 rings (SSSR count). The van der Waals surface area contributed by atoms with Crippen molar-refractivity contribution in [2.24, 2.45) is 11.1 Å². The van der Waals surface area contributed by atoms with E-state index in [4.69, 9.17) is 15.6 Å². The van der Waals surface area contributed by atoms with Crippen LogP contribution in [-0.4, -0.2) is 35.2 Å². The average molecular weight is 299 g/mol. The monoisotopic (exact) mass is 299 g/mol. The normalized spacial score (nSPS) is 17.1. The van der Waals surface area contributed by atoms with Gasteiger partial charge in [0, 0.05) is 26.8 Å². The minimum atomic E-state index is -3.71. The predicted octanol–water partition coefficient (Wildman–Crippen LogP) is 0.779. The van der Waals surface area contributed by atoms with Gasteiger partial charge in [-0.3, -0.25) is 0 Å². The third-order valence-corrected chi connectivity index (χ3v) is 4.53. The number of nitrogen functional groups attached to an aromatic ring is 1. The summed E-state index contributed by atoms with van der Waals surface area (Å²) in [6.45, 7) is 2.39. The van der Waals surface area contributed by atoms with Crippen molar-refractivity contribution >= 4 is 21.4 Å². The maximum absolute atomic E-state index is 11.4. The Hall–Kier alpha value is -1.31. The van der Waals surface area contributed by atoms with Crippen LogP contribution in [0.4, 0.5) is 11.4 Å². The molecule has 0 amide bonds. The number of rotatable bonds is 4. The van der Waals surface area contributed by atoms with Crippen molar-refractivity contribution in [3.63, 3.8) is 0 Å². The molecule has 0 aliphatic carbocycles. The molecular weight excluding hydrogens is 278 g/mol. The van der Waals surface area contributed by atoms with Gasteiger partial charge in [-0.25, -0.2) is 13.6 Å². The van der Waals surface area contributed by atoms with Crippen molar-refractivity contribution in [3.8, 4) is 0 Å². The molecule has 0 aromatic heterocycles. The van der Waals surface area contributed by atoms with Crippen LogP contribution in [0, 0.1) is 5.92 Å². The molecule has 20 heavy (non-hydrogen) atoms. The quantitative estimate of drug-likeness (QED) is 0.800. The van der Waals surface area contributed by atoms with Gasteiger partial charge < -0.3 is 15.4 Å². The first-order chi connectivity index (χ1) is 9.38. The third-order valence-electron chi connectivity index (χ3n) is 3.61. The highest BCUT2D eigenvalue weighted by Gasteiger charge is 2.18. The number of hydrogen-bond donors (Lipinski definition) is 2. The Morgan fingerprint density at radius 2 is 2.00 bits per heavy atom. The van der Waals surface area contributed by atoms with Crippen LogP contribution >= 0.6 is 0 Å². The Bertz CT molecular complexity index is 568. The molecule has 1 aromatic rings. The summed E-state index contributed by atoms with van der Waals surface area (Å²) in [6, 6.07) is 4.54. The summed E-state index contributed by atoms with van der Waals surface area (Å²) in [5, 5.41) is 5.16. The van der Waals surface area contributed by atoms with Crippen molar-refractivity contribution in [2.75, 3.05) is 37.4 Å². The van der Waals surface area contributed by atoms with Crippen LogP contribution in [0.25, 0.3) is 0 Å². The summed E-state index contributed by atoms with van der Waals surface area (Å²) in [5.74, 6) is 0.534. The topological polar surface area (TPSA) is 98.6 Å². The van der Waals surface area contributed by atoms with Gasteiger partial charge in [0.25, 0.3) is 0 Å². The van der Waals surface area contributed by atoms with Gasteiger partial charge in [0.1, 0.15) is 0 Å². The summed E-state index contributed by atoms with van der Waals surface area (Å²) < 4.78 is 28.2. The van der Waals surface area contributed by atoms with Crippen LogP contribution in [0.15, 0.2) is 23.1 Å². The SMILES string of the molecule is CN(CC1CCOCC1)c1cc(S(N)(=O)=O)ccc1N. The maximum Gasteiger partial charge on any atom is 0.238 e. The Balaban J connectivity index is 2.17. The van der Waals surface area contributed by atoms with E-state index in [0.29, 0.717) is 17.3 Å². The second kappa shape index (κ2) is 5.99. The molecule has 112 valence electrons. The van der Waals surface area contributed by atoms with Gasteiger partial charge >= 0.3 is 0 Å². The molecule has 1 aliphatic heterocycles. The number of primary sulfonamides is 1. The van der Waals surface area contributed by atoms with E-state index in [1.54, 1.807) is 6.07 Å². The zero-order valence-electron chi connectivity index (χ0n) is 11.6. The highest BCUT2D eigenvalue weighted by molar-refractivity contribution is 7.89. The third kappa shape index (κ3) is 3.62. The van der Waals surface area contributed by atoms with Crippen LogP contribution in [0.2, 0.25) is 0 Å². The Morgan fingerprint density at radius 3 is 2.60 bits per heavy atom. The average Bonchev–Trinajstić information content (AvgIpc) is 2.39. The Kier molecular flexibility index (Phi) is 4.52. The summed E-state index contributed by atoms with van der Waals surface area (Å²) in [6.07, 6.45) is 2.03. The van der Waals surface area contributed by atoms with E-state index in [9.17, 15) is 8.42 Å². The fraction of sp³-hybridized carbons (Fsp3) is 0.538. The molecule has 0 saturated carbocycles. The van der Waals surface area contributed by atoms with Crippen molar-refractivity contribution < 1.29 is 13.2 Å². The fourth-order valence-corrected chi connectivity index (χ4v) is 2.98. The van der Waals surface area contributed by atoms with Gasteiger partial charge in [0.15, 0.2) is 0 Å². The molecule has 7 heteroatoms. The van der Waals surface area contributed by atoms with Gasteiger partial charge in [-0.2, -0.15) is 0 Å². The van der Waals surface area contributed by atoms with Crippen molar-refractivity contribution in [3.05, 3.63) is 18.2 Å². The van der Waals surface area contributed by atoms with E-state index < -0.39 is 10.0 Å². The first-order valence-corrected chi connectivity index (χ1v) is 8.14. The second-order valence-electron chi connectivity index (χ2n) is 5.20. The van der Waals surface area contributed by atoms with E-state index in [1.807, 2.05) is 11.9 Å². The van der Waals surface area contributed by atoms with E-state index in [2.05, 4.69) is 0 Å². The van der Waals surface area contributed by atoms with Crippen LogP contribution < -0.4 is 15.8 Å². The molecular formula is C13H21N3O3S. The Morgan fingerprint density at radius 1 is 1.35 bits per heavy atom. The van der Waals surface area contributed by atoms with E-state index >= 15 is 0 Å². The van der Waals surface area contributed by atoms with Gasteiger partial charge in [0.2, 0.25) is 10.0 Å². The first kappa shape index (κ1) is 15.1. The number of ether oxygens (including phenoxy) is 1. The molecule has 1 heterocycles. The fourth-order valence-electron chi connectivity index (χ4n) is 2.45. The summed E-state index contributed by atoms with van der Waals surface area (Å²) in [5.41, 5.74) is 7.18. The number of sulfonamides is 1. The van der Waals surface area contributed by atoms with Crippen molar-refractivity contribution in [1.82, 2.24) is 0 Å². The van der Waals surface area contributed by atoms with Gasteiger partial charge in [-0.05, 0) is 37.0 Å². The molecule has 0 unspecified atom stereocenters. The van der Waals surface area contributed by atoms with Crippen molar-refractivity contribution in [2.45, 2.75) is 17.7 Å². The predicted molar refractivity (Wildman–Crippen MR) is 79.0 cm³/mol. The molecule has 1 fully saturated rings. The van der Waals surface area contributed by atoms with Crippen LogP contribution in [0.5, 0.6) is 0 Å². The molecule has 0 bridgehead atoms. The standard InChI is InChI=1S/C13H21N3O3S/c1-16(9-10-4-6-19-7-5-10)13-8-11(20(15,17)18)2-3-12(13)14/h2-3,8,10H,4-7,9,14H2,1H3,(H2,15,17,18). The number of hydrogen-bond acceptors (Lipinski definition) is 5. The summed E-state index contributed by atoms with van der Waals surface area (Å²) >= 11 is 0. The maximum atomic E-state index is 11.4. The first-order valence-electron chi connectivity index (χ1n) is 6.59. The van der Waals surface area contributed by atoms with E-state index in [-0.39, 0.29) is 4.90 Å². The highest BCUT2D eigenvalue weighted by Crippen LogP contribution is 2.27. The van der Waals surface area contributed by atoms with Crippen LogP contribution in [0.3, 0.4) is 0 Å². The molecule has 1 saturated heterocycles. The van der Waals surface area contributed by atoms with Crippen LogP contribution in [0.1, 0.15) is 12.8 Å². The molecule has 1 aromatic carbocycles. The largest absolute Gasteiger partial charge is 0.397 e. The lowest BCUT2D eigenvalue weighted by Crippen LogP contribution is -2.30. The molecule has 4 N–H and O–H groups in total. The molecule has 0 atom stereocenters. The number of benzene rings is 1. The molecule has 6 nitrogen and oxygen atoms in total. The lowest BCUT2D eigenvalue weighted by molar-refractivity contribution is 0.0685. The number of nitrogens with zero attached hydrogens (tertiary/aromatic N) is 1. The highest BCUT2D eigenvalue weighted by atomic mass is 32.2.